The van der Waals surface area contributed by atoms with Crippen LogP contribution in [0.15, 0.2) is 9.64 Å². The summed E-state index contributed by atoms with van der Waals surface area (Å²) in [5.41, 5.74) is 0. The van der Waals surface area contributed by atoms with Crippen LogP contribution >= 0.6 is 11.8 Å². The predicted octanol–water partition coefficient (Wildman–Crippen LogP) is 2.39. The molecule has 0 saturated heterocycles. The van der Waals surface area contributed by atoms with Crippen molar-refractivity contribution in [3.8, 4) is 0 Å². The van der Waals surface area contributed by atoms with Gasteiger partial charge in [-0.1, -0.05) is 31.0 Å². The van der Waals surface area contributed by atoms with Gasteiger partial charge >= 0.3 is 0 Å². The number of rotatable bonds is 3. The van der Waals surface area contributed by atoms with Gasteiger partial charge in [-0.3, -0.25) is 0 Å². The molecule has 2 atom stereocenters. The minimum absolute atomic E-state index is 0.562. The Morgan fingerprint density at radius 1 is 1.25 bits per heavy atom. The summed E-state index contributed by atoms with van der Waals surface area (Å²) in [4.78, 5) is 0. The number of nitrogens with one attached hydrogen (secondary N) is 1. The molecule has 1 N–H and O–H groups in total. The third-order valence-corrected chi connectivity index (χ3v) is 4.32. The molecule has 1 aliphatic carbocycles. The summed E-state index contributed by atoms with van der Waals surface area (Å²) in [5, 5.41) is 12.6. The van der Waals surface area contributed by atoms with E-state index >= 15 is 0 Å². The number of aryl methyl sites for hydroxylation is 1. The first-order chi connectivity index (χ1) is 7.79. The van der Waals surface area contributed by atoms with Crippen LogP contribution in [-0.4, -0.2) is 28.5 Å². The van der Waals surface area contributed by atoms with Gasteiger partial charge in [-0.25, -0.2) is 0 Å². The van der Waals surface area contributed by atoms with Crippen LogP contribution in [0.1, 0.15) is 38.0 Å². The molecule has 1 aromatic rings. The Balaban J connectivity index is 1.99. The summed E-state index contributed by atoms with van der Waals surface area (Å²) >= 11 is 1.73. The minimum Gasteiger partial charge on any atom is -0.416 e. The fourth-order valence-electron chi connectivity index (χ4n) is 2.20. The van der Waals surface area contributed by atoms with Crippen molar-refractivity contribution in [3.63, 3.8) is 0 Å². The lowest BCUT2D eigenvalue weighted by Gasteiger charge is -2.22. The molecular weight excluding hydrogens is 222 g/mol. The van der Waals surface area contributed by atoms with Crippen molar-refractivity contribution >= 4 is 11.8 Å². The lowest BCUT2D eigenvalue weighted by atomic mass is 10.1. The summed E-state index contributed by atoms with van der Waals surface area (Å²) < 4.78 is 5.43. The van der Waals surface area contributed by atoms with Gasteiger partial charge in [0.15, 0.2) is 0 Å². The molecule has 5 heteroatoms. The number of thioether (sulfide) groups is 1. The molecule has 1 aliphatic rings. The maximum absolute atomic E-state index is 5.43. The van der Waals surface area contributed by atoms with Crippen LogP contribution in [0, 0.1) is 6.92 Å². The fraction of sp³-hybridized carbons (Fsp3) is 0.818. The van der Waals surface area contributed by atoms with Gasteiger partial charge in [0.2, 0.25) is 5.89 Å². The second kappa shape index (κ2) is 5.68. The van der Waals surface area contributed by atoms with E-state index in [1.807, 2.05) is 14.0 Å². The van der Waals surface area contributed by atoms with Gasteiger partial charge in [-0.2, -0.15) is 0 Å². The van der Waals surface area contributed by atoms with E-state index in [-0.39, 0.29) is 0 Å². The SMILES string of the molecule is CNC1CCCCCC1Sc1nnc(C)o1. The van der Waals surface area contributed by atoms with Crippen molar-refractivity contribution in [2.24, 2.45) is 0 Å². The Hall–Kier alpha value is -0.550. The molecule has 4 nitrogen and oxygen atoms in total. The standard InChI is InChI=1S/C11H19N3OS/c1-8-13-14-11(15-8)16-10-7-5-3-4-6-9(10)12-2/h9-10,12H,3-7H2,1-2H3. The average Bonchev–Trinajstić information content (AvgIpc) is 2.56. The van der Waals surface area contributed by atoms with Gasteiger partial charge in [0.1, 0.15) is 0 Å². The van der Waals surface area contributed by atoms with Gasteiger partial charge in [0, 0.05) is 18.2 Å². The quantitative estimate of drug-likeness (QED) is 0.823. The van der Waals surface area contributed by atoms with E-state index in [1.54, 1.807) is 11.8 Å². The summed E-state index contributed by atoms with van der Waals surface area (Å²) in [5.74, 6) is 0.650. The molecule has 2 rings (SSSR count). The van der Waals surface area contributed by atoms with E-state index < -0.39 is 0 Å². The number of hydrogen-bond acceptors (Lipinski definition) is 5. The molecule has 0 amide bonds. The van der Waals surface area contributed by atoms with Crippen LogP contribution in [0.5, 0.6) is 0 Å². The topological polar surface area (TPSA) is 51.0 Å². The van der Waals surface area contributed by atoms with Crippen molar-refractivity contribution in [2.75, 3.05) is 7.05 Å². The Labute approximate surface area is 101 Å². The first-order valence-electron chi connectivity index (χ1n) is 5.93. The van der Waals surface area contributed by atoms with Crippen molar-refractivity contribution in [3.05, 3.63) is 5.89 Å². The Morgan fingerprint density at radius 2 is 2.06 bits per heavy atom. The minimum atomic E-state index is 0.562. The normalized spacial score (nSPS) is 26.6. The molecule has 0 radical (unpaired) electrons. The van der Waals surface area contributed by atoms with Crippen LogP contribution in [0.3, 0.4) is 0 Å². The van der Waals surface area contributed by atoms with E-state index in [0.717, 1.165) is 0 Å². The molecule has 0 aromatic carbocycles. The van der Waals surface area contributed by atoms with E-state index in [1.165, 1.54) is 32.1 Å². The van der Waals surface area contributed by atoms with Gasteiger partial charge < -0.3 is 9.73 Å². The fourth-order valence-corrected chi connectivity index (χ4v) is 3.44. The number of hydrogen-bond donors (Lipinski definition) is 1. The van der Waals surface area contributed by atoms with Crippen molar-refractivity contribution in [1.82, 2.24) is 15.5 Å². The number of aromatic nitrogens is 2. The molecule has 90 valence electrons. The van der Waals surface area contributed by atoms with E-state index in [2.05, 4.69) is 15.5 Å². The Kier molecular flexibility index (Phi) is 4.23. The Morgan fingerprint density at radius 3 is 2.75 bits per heavy atom. The number of nitrogens with zero attached hydrogens (tertiary/aromatic N) is 2. The zero-order chi connectivity index (χ0) is 11.4. The zero-order valence-electron chi connectivity index (χ0n) is 9.90. The van der Waals surface area contributed by atoms with Crippen LogP contribution in [0.25, 0.3) is 0 Å². The summed E-state index contributed by atoms with van der Waals surface area (Å²) in [6, 6.07) is 0.569. The highest BCUT2D eigenvalue weighted by Crippen LogP contribution is 2.32. The van der Waals surface area contributed by atoms with Gasteiger partial charge in [0.05, 0.1) is 0 Å². The lowest BCUT2D eigenvalue weighted by Crippen LogP contribution is -2.34. The van der Waals surface area contributed by atoms with E-state index in [4.69, 9.17) is 4.42 Å². The highest BCUT2D eigenvalue weighted by molar-refractivity contribution is 7.99. The summed E-state index contributed by atoms with van der Waals surface area (Å²) in [6.45, 7) is 1.83. The molecule has 2 unspecified atom stereocenters. The zero-order valence-corrected chi connectivity index (χ0v) is 10.7. The average molecular weight is 241 g/mol. The first kappa shape index (κ1) is 11.9. The first-order valence-corrected chi connectivity index (χ1v) is 6.81. The maximum atomic E-state index is 5.43. The van der Waals surface area contributed by atoms with E-state index in [9.17, 15) is 0 Å². The molecule has 1 aromatic heterocycles. The van der Waals surface area contributed by atoms with E-state index in [0.29, 0.717) is 22.4 Å². The third kappa shape index (κ3) is 2.98. The van der Waals surface area contributed by atoms with Crippen molar-refractivity contribution in [2.45, 2.75) is 55.5 Å². The van der Waals surface area contributed by atoms with Gasteiger partial charge in [0.25, 0.3) is 5.22 Å². The smallest absolute Gasteiger partial charge is 0.276 e. The molecule has 1 fully saturated rings. The second-order valence-electron chi connectivity index (χ2n) is 4.28. The van der Waals surface area contributed by atoms with Gasteiger partial charge in [-0.05, 0) is 19.9 Å². The molecule has 1 heterocycles. The molecule has 1 saturated carbocycles. The van der Waals surface area contributed by atoms with Crippen molar-refractivity contribution in [1.29, 1.82) is 0 Å². The van der Waals surface area contributed by atoms with Crippen LogP contribution in [0.4, 0.5) is 0 Å². The summed E-state index contributed by atoms with van der Waals surface area (Å²) in [6.07, 6.45) is 6.46. The molecular formula is C11H19N3OS. The van der Waals surface area contributed by atoms with Crippen LogP contribution in [-0.2, 0) is 0 Å². The highest BCUT2D eigenvalue weighted by Gasteiger charge is 2.25. The van der Waals surface area contributed by atoms with Crippen molar-refractivity contribution < 1.29 is 4.42 Å². The monoisotopic (exact) mass is 241 g/mol. The Bertz CT molecular complexity index is 329. The largest absolute Gasteiger partial charge is 0.416 e. The molecule has 0 aliphatic heterocycles. The molecule has 0 spiro atoms. The lowest BCUT2D eigenvalue weighted by molar-refractivity contribution is 0.424. The predicted molar refractivity (Wildman–Crippen MR) is 64.6 cm³/mol. The van der Waals surface area contributed by atoms with Gasteiger partial charge in [-0.15, -0.1) is 10.2 Å². The highest BCUT2D eigenvalue weighted by atomic mass is 32.2. The van der Waals surface area contributed by atoms with Crippen LogP contribution < -0.4 is 5.32 Å². The summed E-state index contributed by atoms with van der Waals surface area (Å²) in [7, 11) is 2.04. The maximum Gasteiger partial charge on any atom is 0.276 e. The molecule has 16 heavy (non-hydrogen) atoms. The molecule has 0 bridgehead atoms. The third-order valence-electron chi connectivity index (χ3n) is 3.08. The second-order valence-corrected chi connectivity index (χ2v) is 5.47. The van der Waals surface area contributed by atoms with Crippen LogP contribution in [0.2, 0.25) is 0 Å².